The number of nitrogens with one attached hydrogen (secondary N) is 1. The van der Waals surface area contributed by atoms with Crippen LogP contribution >= 0.6 is 12.4 Å². The van der Waals surface area contributed by atoms with Crippen molar-refractivity contribution in [3.8, 4) is 0 Å². The number of carbonyl (C=O) groups excluding carboxylic acids is 1. The van der Waals surface area contributed by atoms with Gasteiger partial charge in [-0.15, -0.1) is 12.4 Å². The molecule has 102 valence electrons. The fourth-order valence-corrected chi connectivity index (χ4v) is 1.44. The molecule has 1 atom stereocenters. The van der Waals surface area contributed by atoms with Gasteiger partial charge in [-0.05, 0) is 17.4 Å². The number of amides is 1. The van der Waals surface area contributed by atoms with Gasteiger partial charge in [0.25, 0.3) is 0 Å². The fraction of sp³-hybridized carbons (Fsp3) is 0.500. The maximum atomic E-state index is 11.8. The molecule has 0 saturated carbocycles. The van der Waals surface area contributed by atoms with Gasteiger partial charge in [0.1, 0.15) is 0 Å². The first-order chi connectivity index (χ1) is 7.88. The van der Waals surface area contributed by atoms with Gasteiger partial charge in [0.15, 0.2) is 0 Å². The molecule has 3 nitrogen and oxygen atoms in total. The number of carbonyl (C=O) groups is 1. The van der Waals surface area contributed by atoms with Crippen molar-refractivity contribution in [3.63, 3.8) is 0 Å². The lowest BCUT2D eigenvalue weighted by atomic mass is 9.96. The van der Waals surface area contributed by atoms with Gasteiger partial charge in [0.05, 0.1) is 6.04 Å². The van der Waals surface area contributed by atoms with Crippen molar-refractivity contribution in [1.82, 2.24) is 5.32 Å². The summed E-state index contributed by atoms with van der Waals surface area (Å²) in [5, 5.41) is 2.88. The van der Waals surface area contributed by atoms with E-state index in [2.05, 4.69) is 26.1 Å². The summed E-state index contributed by atoms with van der Waals surface area (Å²) in [5.41, 5.74) is 7.04. The van der Waals surface area contributed by atoms with Gasteiger partial charge in [-0.2, -0.15) is 0 Å². The van der Waals surface area contributed by atoms with E-state index in [1.165, 1.54) is 0 Å². The molecule has 0 aliphatic carbocycles. The Kier molecular flexibility index (Phi) is 6.96. The number of benzene rings is 1. The molecule has 1 aromatic rings. The van der Waals surface area contributed by atoms with Crippen LogP contribution < -0.4 is 11.1 Å². The van der Waals surface area contributed by atoms with E-state index in [9.17, 15) is 4.79 Å². The van der Waals surface area contributed by atoms with Gasteiger partial charge in [-0.25, -0.2) is 0 Å². The Labute approximate surface area is 116 Å². The number of halogens is 1. The summed E-state index contributed by atoms with van der Waals surface area (Å²) in [6.07, 6.45) is 0.580. The van der Waals surface area contributed by atoms with Crippen LogP contribution in [0, 0.1) is 5.41 Å². The second-order valence-corrected chi connectivity index (χ2v) is 5.57. The van der Waals surface area contributed by atoms with E-state index >= 15 is 0 Å². The highest BCUT2D eigenvalue weighted by molar-refractivity contribution is 5.85. The number of hydrogen-bond acceptors (Lipinski definition) is 2. The zero-order valence-electron chi connectivity index (χ0n) is 11.3. The van der Waals surface area contributed by atoms with Gasteiger partial charge in [-0.1, -0.05) is 51.1 Å². The summed E-state index contributed by atoms with van der Waals surface area (Å²) in [6, 6.07) is 9.35. The van der Waals surface area contributed by atoms with Crippen LogP contribution in [-0.2, 0) is 11.2 Å². The standard InChI is InChI=1S/C14H22N2O.ClH/c1-14(2,3)10-16-13(17)12(15)9-11-7-5-4-6-8-11;/h4-8,12H,9-10,15H2,1-3H3,(H,16,17);1H. The average Bonchev–Trinajstić information content (AvgIpc) is 2.26. The number of hydrogen-bond donors (Lipinski definition) is 2. The van der Waals surface area contributed by atoms with Crippen molar-refractivity contribution < 1.29 is 4.79 Å². The van der Waals surface area contributed by atoms with E-state index in [1.54, 1.807) is 0 Å². The minimum absolute atomic E-state index is 0. The number of nitrogens with two attached hydrogens (primary N) is 1. The van der Waals surface area contributed by atoms with Crippen LogP contribution in [0.15, 0.2) is 30.3 Å². The number of rotatable bonds is 4. The van der Waals surface area contributed by atoms with Gasteiger partial charge >= 0.3 is 0 Å². The Balaban J connectivity index is 0.00000289. The molecule has 0 saturated heterocycles. The molecular formula is C14H23ClN2O. The maximum absolute atomic E-state index is 11.8. The molecular weight excluding hydrogens is 248 g/mol. The molecule has 0 bridgehead atoms. The molecule has 1 amide bonds. The normalized spacial score (nSPS) is 12.4. The van der Waals surface area contributed by atoms with Crippen molar-refractivity contribution in [2.24, 2.45) is 11.1 Å². The van der Waals surface area contributed by atoms with Crippen molar-refractivity contribution in [2.45, 2.75) is 33.2 Å². The van der Waals surface area contributed by atoms with Crippen LogP contribution in [-0.4, -0.2) is 18.5 Å². The minimum Gasteiger partial charge on any atom is -0.354 e. The predicted molar refractivity (Wildman–Crippen MR) is 77.8 cm³/mol. The van der Waals surface area contributed by atoms with E-state index in [0.717, 1.165) is 5.56 Å². The van der Waals surface area contributed by atoms with Crippen LogP contribution in [0.25, 0.3) is 0 Å². The molecule has 0 spiro atoms. The third-order valence-corrected chi connectivity index (χ3v) is 2.43. The molecule has 0 aliphatic heterocycles. The highest BCUT2D eigenvalue weighted by Gasteiger charge is 2.17. The first kappa shape index (κ1) is 16.9. The van der Waals surface area contributed by atoms with E-state index < -0.39 is 6.04 Å². The Morgan fingerprint density at radius 3 is 2.33 bits per heavy atom. The Morgan fingerprint density at radius 1 is 1.28 bits per heavy atom. The molecule has 4 heteroatoms. The first-order valence-corrected chi connectivity index (χ1v) is 5.96. The molecule has 1 unspecified atom stereocenters. The largest absolute Gasteiger partial charge is 0.354 e. The van der Waals surface area contributed by atoms with Crippen molar-refractivity contribution >= 4 is 18.3 Å². The topological polar surface area (TPSA) is 55.1 Å². The second-order valence-electron chi connectivity index (χ2n) is 5.57. The lowest BCUT2D eigenvalue weighted by Gasteiger charge is -2.20. The monoisotopic (exact) mass is 270 g/mol. The molecule has 3 N–H and O–H groups in total. The second kappa shape index (κ2) is 7.39. The van der Waals surface area contributed by atoms with Crippen LogP contribution in [0.1, 0.15) is 26.3 Å². The molecule has 0 aliphatic rings. The predicted octanol–water partition coefficient (Wildman–Crippen LogP) is 2.14. The average molecular weight is 271 g/mol. The highest BCUT2D eigenvalue weighted by Crippen LogP contribution is 2.10. The summed E-state index contributed by atoms with van der Waals surface area (Å²) >= 11 is 0. The molecule has 1 rings (SSSR count). The zero-order chi connectivity index (χ0) is 12.9. The van der Waals surface area contributed by atoms with Crippen LogP contribution in [0.5, 0.6) is 0 Å². The quantitative estimate of drug-likeness (QED) is 0.881. The van der Waals surface area contributed by atoms with Crippen LogP contribution in [0.4, 0.5) is 0 Å². The molecule has 1 aromatic carbocycles. The third kappa shape index (κ3) is 6.62. The molecule has 0 aromatic heterocycles. The fourth-order valence-electron chi connectivity index (χ4n) is 1.44. The van der Waals surface area contributed by atoms with Gasteiger partial charge in [-0.3, -0.25) is 4.79 Å². The maximum Gasteiger partial charge on any atom is 0.237 e. The van der Waals surface area contributed by atoms with E-state index in [-0.39, 0.29) is 23.7 Å². The van der Waals surface area contributed by atoms with E-state index in [0.29, 0.717) is 13.0 Å². The lowest BCUT2D eigenvalue weighted by molar-refractivity contribution is -0.122. The van der Waals surface area contributed by atoms with E-state index in [4.69, 9.17) is 5.73 Å². The van der Waals surface area contributed by atoms with Gasteiger partial charge in [0, 0.05) is 6.54 Å². The molecule has 0 radical (unpaired) electrons. The molecule has 18 heavy (non-hydrogen) atoms. The lowest BCUT2D eigenvalue weighted by Crippen LogP contribution is -2.44. The van der Waals surface area contributed by atoms with Crippen LogP contribution in [0.2, 0.25) is 0 Å². The van der Waals surface area contributed by atoms with Crippen molar-refractivity contribution in [3.05, 3.63) is 35.9 Å². The van der Waals surface area contributed by atoms with Crippen molar-refractivity contribution in [1.29, 1.82) is 0 Å². The summed E-state index contributed by atoms with van der Waals surface area (Å²) < 4.78 is 0. The van der Waals surface area contributed by atoms with E-state index in [1.807, 2.05) is 30.3 Å². The summed E-state index contributed by atoms with van der Waals surface area (Å²) in [5.74, 6) is -0.0798. The summed E-state index contributed by atoms with van der Waals surface area (Å²) in [7, 11) is 0. The smallest absolute Gasteiger partial charge is 0.237 e. The minimum atomic E-state index is -0.472. The summed E-state index contributed by atoms with van der Waals surface area (Å²) in [4.78, 5) is 11.8. The molecule has 0 fully saturated rings. The van der Waals surface area contributed by atoms with Gasteiger partial charge in [0.2, 0.25) is 5.91 Å². The Morgan fingerprint density at radius 2 is 1.83 bits per heavy atom. The molecule has 0 heterocycles. The van der Waals surface area contributed by atoms with Crippen LogP contribution in [0.3, 0.4) is 0 Å². The Bertz CT molecular complexity index is 360. The Hall–Kier alpha value is -1.06. The van der Waals surface area contributed by atoms with Gasteiger partial charge < -0.3 is 11.1 Å². The SMILES string of the molecule is CC(C)(C)CNC(=O)C(N)Cc1ccccc1.Cl. The summed E-state index contributed by atoms with van der Waals surface area (Å²) in [6.45, 7) is 6.89. The van der Waals surface area contributed by atoms with Crippen molar-refractivity contribution in [2.75, 3.05) is 6.54 Å². The zero-order valence-corrected chi connectivity index (χ0v) is 12.1. The highest BCUT2D eigenvalue weighted by atomic mass is 35.5. The third-order valence-electron chi connectivity index (χ3n) is 2.43. The first-order valence-electron chi connectivity index (χ1n) is 5.96.